The summed E-state index contributed by atoms with van der Waals surface area (Å²) in [7, 11) is 0. The Morgan fingerprint density at radius 1 is 0.885 bits per heavy atom. The number of nitrogens with one attached hydrogen (secondary N) is 1. The number of nitrogens with two attached hydrogens (primary N) is 1. The molecule has 0 fully saturated rings. The fourth-order valence-corrected chi connectivity index (χ4v) is 2.52. The van der Waals surface area contributed by atoms with Crippen LogP contribution >= 0.6 is 0 Å². The van der Waals surface area contributed by atoms with Crippen LogP contribution in [0, 0.1) is 0 Å². The standard InChI is InChI=1S/C20H22N2O4/c21-13-5-4-8-17(20(25)26)22-19(24)16-11-9-15(10-12-16)18(23)14-6-2-1-3-7-14/h1-3,6-7,9-12,17H,4-5,8,13,21H2,(H,22,24)(H,25,26)/t17-/m1/s1. The molecular weight excluding hydrogens is 332 g/mol. The van der Waals surface area contributed by atoms with Gasteiger partial charge in [-0.15, -0.1) is 0 Å². The van der Waals surface area contributed by atoms with E-state index in [4.69, 9.17) is 5.73 Å². The minimum Gasteiger partial charge on any atom is -0.480 e. The molecule has 2 aromatic rings. The number of amides is 1. The van der Waals surface area contributed by atoms with Crippen molar-refractivity contribution >= 4 is 17.7 Å². The van der Waals surface area contributed by atoms with Gasteiger partial charge in [0.05, 0.1) is 0 Å². The maximum atomic E-state index is 12.4. The van der Waals surface area contributed by atoms with E-state index >= 15 is 0 Å². The van der Waals surface area contributed by atoms with E-state index in [1.54, 1.807) is 36.4 Å². The Morgan fingerprint density at radius 3 is 2.04 bits per heavy atom. The molecule has 0 aliphatic rings. The second kappa shape index (κ2) is 9.48. The predicted molar refractivity (Wildman–Crippen MR) is 98.1 cm³/mol. The topological polar surface area (TPSA) is 109 Å². The van der Waals surface area contributed by atoms with E-state index in [0.29, 0.717) is 42.5 Å². The van der Waals surface area contributed by atoms with Crippen LogP contribution in [0.3, 0.4) is 0 Å². The third-order valence-corrected chi connectivity index (χ3v) is 4.00. The summed E-state index contributed by atoms with van der Waals surface area (Å²) in [5, 5.41) is 11.7. The summed E-state index contributed by atoms with van der Waals surface area (Å²) >= 11 is 0. The molecule has 6 heteroatoms. The second-order valence-corrected chi connectivity index (χ2v) is 5.92. The van der Waals surface area contributed by atoms with Gasteiger partial charge in [-0.1, -0.05) is 42.5 Å². The van der Waals surface area contributed by atoms with Crippen LogP contribution in [0.2, 0.25) is 0 Å². The van der Waals surface area contributed by atoms with Crippen LogP contribution < -0.4 is 11.1 Å². The molecule has 0 aliphatic carbocycles. The molecule has 4 N–H and O–H groups in total. The molecule has 0 saturated carbocycles. The number of rotatable bonds is 9. The van der Waals surface area contributed by atoms with Crippen LogP contribution in [0.15, 0.2) is 54.6 Å². The Bertz CT molecular complexity index is 757. The molecule has 0 heterocycles. The van der Waals surface area contributed by atoms with E-state index in [1.165, 1.54) is 12.1 Å². The van der Waals surface area contributed by atoms with Crippen molar-refractivity contribution in [2.45, 2.75) is 25.3 Å². The van der Waals surface area contributed by atoms with Gasteiger partial charge >= 0.3 is 5.97 Å². The summed E-state index contributed by atoms with van der Waals surface area (Å²) in [5.74, 6) is -1.70. The second-order valence-electron chi connectivity index (χ2n) is 5.92. The van der Waals surface area contributed by atoms with Crippen LogP contribution in [0.25, 0.3) is 0 Å². The van der Waals surface area contributed by atoms with Crippen molar-refractivity contribution < 1.29 is 19.5 Å². The van der Waals surface area contributed by atoms with E-state index in [1.807, 2.05) is 6.07 Å². The summed E-state index contributed by atoms with van der Waals surface area (Å²) in [5.41, 5.74) is 6.74. The van der Waals surface area contributed by atoms with Gasteiger partial charge in [0.15, 0.2) is 5.78 Å². The molecule has 0 spiro atoms. The quantitative estimate of drug-likeness (QED) is 0.472. The number of carboxylic acids is 1. The first-order valence-electron chi connectivity index (χ1n) is 8.46. The molecule has 0 bridgehead atoms. The minimum absolute atomic E-state index is 0.136. The molecule has 2 rings (SSSR count). The van der Waals surface area contributed by atoms with Gasteiger partial charge in [0.25, 0.3) is 5.91 Å². The zero-order chi connectivity index (χ0) is 18.9. The number of carbonyl (C=O) groups excluding carboxylic acids is 2. The van der Waals surface area contributed by atoms with Crippen molar-refractivity contribution in [1.29, 1.82) is 0 Å². The summed E-state index contributed by atoms with van der Waals surface area (Å²) in [6, 6.07) is 14.1. The zero-order valence-electron chi connectivity index (χ0n) is 14.4. The summed E-state index contributed by atoms with van der Waals surface area (Å²) in [4.78, 5) is 35.9. The summed E-state index contributed by atoms with van der Waals surface area (Å²) in [6.07, 6.45) is 1.65. The zero-order valence-corrected chi connectivity index (χ0v) is 14.4. The van der Waals surface area contributed by atoms with Gasteiger partial charge in [0.1, 0.15) is 6.04 Å². The molecule has 0 unspecified atom stereocenters. The van der Waals surface area contributed by atoms with Gasteiger partial charge in [0.2, 0.25) is 0 Å². The highest BCUT2D eigenvalue weighted by Gasteiger charge is 2.20. The van der Waals surface area contributed by atoms with E-state index in [0.717, 1.165) is 0 Å². The van der Waals surface area contributed by atoms with Gasteiger partial charge in [0, 0.05) is 16.7 Å². The first-order chi connectivity index (χ1) is 12.5. The molecule has 136 valence electrons. The van der Waals surface area contributed by atoms with Gasteiger partial charge in [-0.2, -0.15) is 0 Å². The molecule has 1 atom stereocenters. The Kier molecular flexibility index (Phi) is 7.05. The van der Waals surface area contributed by atoms with Crippen molar-refractivity contribution in [2.24, 2.45) is 5.73 Å². The lowest BCUT2D eigenvalue weighted by atomic mass is 10.0. The van der Waals surface area contributed by atoms with Gasteiger partial charge in [-0.3, -0.25) is 9.59 Å². The molecule has 26 heavy (non-hydrogen) atoms. The number of hydrogen-bond acceptors (Lipinski definition) is 4. The van der Waals surface area contributed by atoms with Crippen molar-refractivity contribution in [3.05, 3.63) is 71.3 Å². The SMILES string of the molecule is NCCCC[C@@H](NC(=O)c1ccc(C(=O)c2ccccc2)cc1)C(=O)O. The largest absolute Gasteiger partial charge is 0.480 e. The average molecular weight is 354 g/mol. The van der Waals surface area contributed by atoms with Crippen molar-refractivity contribution in [3.8, 4) is 0 Å². The number of aliphatic carboxylic acids is 1. The fraction of sp³-hybridized carbons (Fsp3) is 0.250. The molecular formula is C20H22N2O4. The number of carbonyl (C=O) groups is 3. The van der Waals surface area contributed by atoms with Crippen LogP contribution in [0.4, 0.5) is 0 Å². The van der Waals surface area contributed by atoms with Crippen molar-refractivity contribution in [3.63, 3.8) is 0 Å². The smallest absolute Gasteiger partial charge is 0.326 e. The maximum Gasteiger partial charge on any atom is 0.326 e. The number of hydrogen-bond donors (Lipinski definition) is 3. The number of ketones is 1. The number of unbranched alkanes of at least 4 members (excludes halogenated alkanes) is 1. The van der Waals surface area contributed by atoms with E-state index in [2.05, 4.69) is 5.32 Å². The number of benzene rings is 2. The molecule has 6 nitrogen and oxygen atoms in total. The lowest BCUT2D eigenvalue weighted by molar-refractivity contribution is -0.139. The minimum atomic E-state index is -1.08. The monoisotopic (exact) mass is 354 g/mol. The summed E-state index contributed by atoms with van der Waals surface area (Å²) < 4.78 is 0. The number of carboxylic acid groups (broad SMARTS) is 1. The van der Waals surface area contributed by atoms with Gasteiger partial charge in [-0.25, -0.2) is 4.79 Å². The Hall–Kier alpha value is -2.99. The first-order valence-corrected chi connectivity index (χ1v) is 8.46. The molecule has 1 amide bonds. The van der Waals surface area contributed by atoms with Crippen LogP contribution in [-0.2, 0) is 4.79 Å². The average Bonchev–Trinajstić information content (AvgIpc) is 2.67. The van der Waals surface area contributed by atoms with Gasteiger partial charge in [-0.05, 0) is 37.9 Å². The highest BCUT2D eigenvalue weighted by Crippen LogP contribution is 2.12. The molecule has 2 aromatic carbocycles. The van der Waals surface area contributed by atoms with Crippen molar-refractivity contribution in [1.82, 2.24) is 5.32 Å². The summed E-state index contributed by atoms with van der Waals surface area (Å²) in [6.45, 7) is 0.483. The van der Waals surface area contributed by atoms with Crippen LogP contribution in [0.5, 0.6) is 0 Å². The molecule has 0 saturated heterocycles. The molecule has 0 aliphatic heterocycles. The first kappa shape index (κ1) is 19.3. The van der Waals surface area contributed by atoms with Crippen LogP contribution in [-0.4, -0.2) is 35.4 Å². The van der Waals surface area contributed by atoms with E-state index < -0.39 is 17.9 Å². The normalized spacial score (nSPS) is 11.6. The fourth-order valence-electron chi connectivity index (χ4n) is 2.52. The Labute approximate surface area is 152 Å². The molecule has 0 radical (unpaired) electrons. The highest BCUT2D eigenvalue weighted by atomic mass is 16.4. The van der Waals surface area contributed by atoms with Crippen molar-refractivity contribution in [2.75, 3.05) is 6.54 Å². The highest BCUT2D eigenvalue weighted by molar-refractivity contribution is 6.09. The lowest BCUT2D eigenvalue weighted by Gasteiger charge is -2.14. The third kappa shape index (κ3) is 5.26. The predicted octanol–water partition coefficient (Wildman–Crippen LogP) is 2.23. The van der Waals surface area contributed by atoms with Crippen LogP contribution in [0.1, 0.15) is 45.5 Å². The van der Waals surface area contributed by atoms with E-state index in [-0.39, 0.29) is 5.78 Å². The Morgan fingerprint density at radius 2 is 1.46 bits per heavy atom. The van der Waals surface area contributed by atoms with E-state index in [9.17, 15) is 19.5 Å². The van der Waals surface area contributed by atoms with Gasteiger partial charge < -0.3 is 16.2 Å². The molecule has 0 aromatic heterocycles. The Balaban J connectivity index is 2.03. The maximum absolute atomic E-state index is 12.4. The third-order valence-electron chi connectivity index (χ3n) is 4.00. The lowest BCUT2D eigenvalue weighted by Crippen LogP contribution is -2.40.